The molecule has 5 rings (SSSR count). The summed E-state index contributed by atoms with van der Waals surface area (Å²) < 4.78 is 3.87. The van der Waals surface area contributed by atoms with E-state index in [0.29, 0.717) is 66.7 Å². The van der Waals surface area contributed by atoms with Crippen LogP contribution in [0.3, 0.4) is 0 Å². The first kappa shape index (κ1) is 25.7. The molecule has 38 heavy (non-hydrogen) atoms. The van der Waals surface area contributed by atoms with Crippen molar-refractivity contribution in [2.45, 2.75) is 13.3 Å². The third-order valence-corrected chi connectivity index (χ3v) is 7.64. The maximum absolute atomic E-state index is 13.3. The smallest absolute Gasteiger partial charge is 0.269 e. The monoisotopic (exact) mass is 534 g/mol. The quantitative estimate of drug-likeness (QED) is 0.509. The van der Waals surface area contributed by atoms with Crippen LogP contribution in [0.4, 0.5) is 11.4 Å². The third-order valence-electron chi connectivity index (χ3n) is 6.81. The van der Waals surface area contributed by atoms with Gasteiger partial charge in [-0.1, -0.05) is 4.49 Å². The first-order valence-electron chi connectivity index (χ1n) is 12.7. The molecule has 3 amide bonds. The maximum atomic E-state index is 13.3. The summed E-state index contributed by atoms with van der Waals surface area (Å²) in [6.45, 7) is 6.97. The summed E-state index contributed by atoms with van der Waals surface area (Å²) in [6, 6.07) is 8.90. The molecule has 0 bridgehead atoms. The van der Waals surface area contributed by atoms with E-state index in [2.05, 4.69) is 30.1 Å². The number of piperazine rings is 1. The Hall–Kier alpha value is -3.90. The van der Waals surface area contributed by atoms with Crippen molar-refractivity contribution in [1.29, 1.82) is 0 Å². The highest BCUT2D eigenvalue weighted by Gasteiger charge is 2.26. The number of aryl methyl sites for hydroxylation is 1. The number of anilines is 2. The molecule has 11 nitrogen and oxygen atoms in total. The van der Waals surface area contributed by atoms with Gasteiger partial charge < -0.3 is 25.3 Å². The minimum atomic E-state index is -0.311. The van der Waals surface area contributed by atoms with Crippen molar-refractivity contribution in [3.05, 3.63) is 64.4 Å². The average Bonchev–Trinajstić information content (AvgIpc) is 3.21. The lowest BCUT2D eigenvalue weighted by Gasteiger charge is -2.37. The summed E-state index contributed by atoms with van der Waals surface area (Å²) >= 11 is 1.04. The molecule has 0 spiro atoms. The van der Waals surface area contributed by atoms with Crippen LogP contribution < -0.4 is 15.5 Å². The summed E-state index contributed by atoms with van der Waals surface area (Å²) in [7, 11) is 0. The van der Waals surface area contributed by atoms with Crippen molar-refractivity contribution < 1.29 is 14.4 Å². The number of carbonyl (C=O) groups is 3. The highest BCUT2D eigenvalue weighted by atomic mass is 32.1. The van der Waals surface area contributed by atoms with Crippen LogP contribution in [0.2, 0.25) is 0 Å². The summed E-state index contributed by atoms with van der Waals surface area (Å²) in [5.74, 6) is -0.394. The number of hydrogen-bond donors (Lipinski definition) is 2. The van der Waals surface area contributed by atoms with E-state index in [1.807, 2.05) is 21.9 Å². The number of carbonyl (C=O) groups excluding carboxylic acids is 3. The van der Waals surface area contributed by atoms with Gasteiger partial charge in [0.1, 0.15) is 4.88 Å². The Morgan fingerprint density at radius 3 is 2.37 bits per heavy atom. The predicted molar refractivity (Wildman–Crippen MR) is 145 cm³/mol. The second kappa shape index (κ2) is 11.7. The Morgan fingerprint density at radius 1 is 0.895 bits per heavy atom. The Morgan fingerprint density at radius 2 is 1.63 bits per heavy atom. The first-order valence-corrected chi connectivity index (χ1v) is 13.5. The molecule has 4 heterocycles. The van der Waals surface area contributed by atoms with Gasteiger partial charge in [-0.2, -0.15) is 0 Å². The molecule has 0 radical (unpaired) electrons. The van der Waals surface area contributed by atoms with E-state index in [9.17, 15) is 14.4 Å². The minimum absolute atomic E-state index is 0.0263. The van der Waals surface area contributed by atoms with Crippen LogP contribution in [0.1, 0.15) is 42.5 Å². The van der Waals surface area contributed by atoms with Gasteiger partial charge in [-0.3, -0.25) is 19.4 Å². The third kappa shape index (κ3) is 5.65. The van der Waals surface area contributed by atoms with E-state index < -0.39 is 0 Å². The molecule has 2 N–H and O–H groups in total. The summed E-state index contributed by atoms with van der Waals surface area (Å²) in [4.78, 5) is 49.5. The van der Waals surface area contributed by atoms with Gasteiger partial charge in [0, 0.05) is 69.3 Å². The highest BCUT2D eigenvalue weighted by Crippen LogP contribution is 2.30. The molecular weight excluding hydrogens is 504 g/mol. The van der Waals surface area contributed by atoms with E-state index >= 15 is 0 Å². The van der Waals surface area contributed by atoms with Gasteiger partial charge in [0.05, 0.1) is 17.1 Å². The molecule has 2 aliphatic rings. The SMILES string of the molecule is Cc1nnsc1C(=O)Nc1cc(C(=O)N2CCCNCC2)ccc1N1CCN(C(=O)c2ccncc2)CC1. The molecular formula is C26H30N8O3S. The standard InChI is InChI=1S/C26H30N8O3S/c1-18-23(38-31-30-18)24(35)29-21-17-20(26(37)33-11-2-7-27-10-12-33)3-4-22(21)32-13-15-34(16-14-32)25(36)19-5-8-28-9-6-19/h3-6,8-9,17,27H,2,7,10-16H2,1H3,(H,29,35). The van der Waals surface area contributed by atoms with Gasteiger partial charge in [-0.15, -0.1) is 5.10 Å². The highest BCUT2D eigenvalue weighted by molar-refractivity contribution is 7.08. The number of pyridine rings is 1. The molecule has 2 saturated heterocycles. The van der Waals surface area contributed by atoms with Crippen LogP contribution in [0.5, 0.6) is 0 Å². The number of benzene rings is 1. The van der Waals surface area contributed by atoms with Crippen LogP contribution in [-0.4, -0.2) is 94.5 Å². The second-order valence-corrected chi connectivity index (χ2v) is 10.0. The first-order chi connectivity index (χ1) is 18.5. The Labute approximate surface area is 225 Å². The largest absolute Gasteiger partial charge is 0.366 e. The molecule has 2 aliphatic heterocycles. The number of nitrogens with zero attached hydrogens (tertiary/aromatic N) is 6. The van der Waals surface area contributed by atoms with E-state index in [1.165, 1.54) is 0 Å². The van der Waals surface area contributed by atoms with Crippen molar-refractivity contribution in [1.82, 2.24) is 29.7 Å². The topological polar surface area (TPSA) is 124 Å². The van der Waals surface area contributed by atoms with Crippen molar-refractivity contribution >= 4 is 40.6 Å². The van der Waals surface area contributed by atoms with Gasteiger partial charge in [0.25, 0.3) is 17.7 Å². The van der Waals surface area contributed by atoms with Crippen LogP contribution >= 0.6 is 11.5 Å². The predicted octanol–water partition coefficient (Wildman–Crippen LogP) is 1.89. The molecule has 3 aromatic rings. The molecule has 0 unspecified atom stereocenters. The lowest BCUT2D eigenvalue weighted by Crippen LogP contribution is -2.49. The van der Waals surface area contributed by atoms with Crippen LogP contribution in [0, 0.1) is 6.92 Å². The van der Waals surface area contributed by atoms with Crippen molar-refractivity contribution in [3.8, 4) is 0 Å². The van der Waals surface area contributed by atoms with Gasteiger partial charge in [0.2, 0.25) is 0 Å². The number of nitrogens with one attached hydrogen (secondary N) is 2. The molecule has 2 fully saturated rings. The summed E-state index contributed by atoms with van der Waals surface area (Å²) in [5.41, 5.74) is 3.05. The lowest BCUT2D eigenvalue weighted by molar-refractivity contribution is 0.0743. The number of rotatable bonds is 5. The van der Waals surface area contributed by atoms with Crippen LogP contribution in [0.15, 0.2) is 42.7 Å². The van der Waals surface area contributed by atoms with Crippen molar-refractivity contribution in [3.63, 3.8) is 0 Å². The zero-order chi connectivity index (χ0) is 26.5. The Kier molecular flexibility index (Phi) is 7.89. The molecule has 12 heteroatoms. The minimum Gasteiger partial charge on any atom is -0.366 e. The van der Waals surface area contributed by atoms with Crippen molar-refractivity contribution in [2.75, 3.05) is 62.6 Å². The summed E-state index contributed by atoms with van der Waals surface area (Å²) in [5, 5.41) is 10.3. The van der Waals surface area contributed by atoms with Gasteiger partial charge in [0.15, 0.2) is 0 Å². The fourth-order valence-corrected chi connectivity index (χ4v) is 5.27. The van der Waals surface area contributed by atoms with E-state index in [1.54, 1.807) is 37.5 Å². The molecule has 1 aromatic carbocycles. The molecule has 0 saturated carbocycles. The van der Waals surface area contributed by atoms with E-state index in [4.69, 9.17) is 0 Å². The fraction of sp³-hybridized carbons (Fsp3) is 0.385. The Balaban J connectivity index is 1.37. The zero-order valence-corrected chi connectivity index (χ0v) is 22.0. The molecule has 2 aromatic heterocycles. The lowest BCUT2D eigenvalue weighted by atomic mass is 10.1. The fourth-order valence-electron chi connectivity index (χ4n) is 4.72. The molecule has 0 atom stereocenters. The van der Waals surface area contributed by atoms with Crippen LogP contribution in [0.25, 0.3) is 0 Å². The molecule has 198 valence electrons. The van der Waals surface area contributed by atoms with Gasteiger partial charge >= 0.3 is 0 Å². The normalized spacial score (nSPS) is 16.2. The number of hydrogen-bond acceptors (Lipinski definition) is 9. The van der Waals surface area contributed by atoms with E-state index in [-0.39, 0.29) is 17.7 Å². The zero-order valence-electron chi connectivity index (χ0n) is 21.2. The van der Waals surface area contributed by atoms with Gasteiger partial charge in [-0.05, 0) is 61.8 Å². The van der Waals surface area contributed by atoms with Gasteiger partial charge in [-0.25, -0.2) is 0 Å². The average molecular weight is 535 g/mol. The number of aromatic nitrogens is 3. The van der Waals surface area contributed by atoms with Crippen molar-refractivity contribution in [2.24, 2.45) is 0 Å². The van der Waals surface area contributed by atoms with Crippen LogP contribution in [-0.2, 0) is 0 Å². The summed E-state index contributed by atoms with van der Waals surface area (Å²) in [6.07, 6.45) is 4.13. The van der Waals surface area contributed by atoms with E-state index in [0.717, 1.165) is 36.7 Å². The Bertz CT molecular complexity index is 1300. The molecule has 0 aliphatic carbocycles. The maximum Gasteiger partial charge on any atom is 0.269 e. The second-order valence-electron chi connectivity index (χ2n) is 9.28. The number of amides is 3.